The second-order valence-corrected chi connectivity index (χ2v) is 6.46. The van der Waals surface area contributed by atoms with Crippen LogP contribution in [0.2, 0.25) is 5.02 Å². The van der Waals surface area contributed by atoms with E-state index in [4.69, 9.17) is 16.7 Å². The predicted molar refractivity (Wildman–Crippen MR) is 72.4 cm³/mol. The molecule has 1 aromatic carbocycles. The number of carbonyl (C=O) groups is 1. The number of hydrogen-bond donors (Lipinski definition) is 2. The van der Waals surface area contributed by atoms with Crippen LogP contribution in [-0.2, 0) is 19.6 Å². The number of aliphatic hydroxyl groups is 1. The Morgan fingerprint density at radius 2 is 2.21 bits per heavy atom. The topological polar surface area (TPSA) is 92.7 Å². The number of sulfonamides is 1. The summed E-state index contributed by atoms with van der Waals surface area (Å²) in [6, 6.07) is 2.80. The van der Waals surface area contributed by atoms with E-state index < -0.39 is 28.6 Å². The summed E-state index contributed by atoms with van der Waals surface area (Å²) in [5.74, 6) is -0.890. The lowest BCUT2D eigenvalue weighted by Crippen LogP contribution is -2.44. The van der Waals surface area contributed by atoms with Crippen LogP contribution in [0.4, 0.5) is 0 Å². The predicted octanol–water partition coefficient (Wildman–Crippen LogP) is 0.915. The molecule has 0 heterocycles. The summed E-state index contributed by atoms with van der Waals surface area (Å²) in [5, 5.41) is 8.97. The van der Waals surface area contributed by atoms with Gasteiger partial charge in [-0.15, -0.1) is 0 Å². The first-order valence-corrected chi connectivity index (χ1v) is 7.63. The van der Waals surface area contributed by atoms with Gasteiger partial charge in [0.25, 0.3) is 0 Å². The maximum atomic E-state index is 12.0. The number of halogens is 2. The van der Waals surface area contributed by atoms with Crippen molar-refractivity contribution in [3.63, 3.8) is 0 Å². The Morgan fingerprint density at radius 1 is 1.58 bits per heavy atom. The third-order valence-electron chi connectivity index (χ3n) is 2.15. The number of rotatable bonds is 5. The molecule has 0 spiro atoms. The minimum absolute atomic E-state index is 0.0107. The van der Waals surface area contributed by atoms with Crippen LogP contribution in [-0.4, -0.2) is 39.3 Å². The highest BCUT2D eigenvalue weighted by molar-refractivity contribution is 9.10. The molecule has 0 bridgehead atoms. The zero-order chi connectivity index (χ0) is 14.6. The van der Waals surface area contributed by atoms with E-state index in [0.29, 0.717) is 4.47 Å². The first-order valence-electron chi connectivity index (χ1n) is 4.98. The SMILES string of the molecule is COC(=O)C(CO)NS(=O)(=O)c1ccc(Br)cc1Cl. The Balaban J connectivity index is 3.07. The number of ether oxygens (including phenoxy) is 1. The number of aliphatic hydroxyl groups excluding tert-OH is 1. The maximum Gasteiger partial charge on any atom is 0.326 e. The molecule has 9 heteroatoms. The molecular weight excluding hydrogens is 362 g/mol. The summed E-state index contributed by atoms with van der Waals surface area (Å²) in [6.07, 6.45) is 0. The van der Waals surface area contributed by atoms with E-state index in [-0.39, 0.29) is 9.92 Å². The van der Waals surface area contributed by atoms with Crippen molar-refractivity contribution in [3.8, 4) is 0 Å². The Labute approximate surface area is 123 Å². The molecular formula is C10H11BrClNO5S. The van der Waals surface area contributed by atoms with E-state index in [0.717, 1.165) is 7.11 Å². The minimum Gasteiger partial charge on any atom is -0.468 e. The summed E-state index contributed by atoms with van der Waals surface area (Å²) in [4.78, 5) is 11.0. The van der Waals surface area contributed by atoms with Crippen molar-refractivity contribution in [2.45, 2.75) is 10.9 Å². The lowest BCUT2D eigenvalue weighted by atomic mass is 10.3. The molecule has 0 aliphatic heterocycles. The van der Waals surface area contributed by atoms with Gasteiger partial charge in [0, 0.05) is 4.47 Å². The molecule has 1 rings (SSSR count). The Kier molecular flexibility index (Phi) is 5.75. The fourth-order valence-electron chi connectivity index (χ4n) is 1.25. The smallest absolute Gasteiger partial charge is 0.326 e. The molecule has 0 saturated carbocycles. The lowest BCUT2D eigenvalue weighted by Gasteiger charge is -2.14. The number of nitrogens with one attached hydrogen (secondary N) is 1. The average Bonchev–Trinajstić information content (AvgIpc) is 2.34. The van der Waals surface area contributed by atoms with Crippen LogP contribution in [0.15, 0.2) is 27.6 Å². The molecule has 1 aromatic rings. The van der Waals surface area contributed by atoms with E-state index in [1.807, 2.05) is 4.72 Å². The highest BCUT2D eigenvalue weighted by Crippen LogP contribution is 2.25. The number of carbonyl (C=O) groups excluding carboxylic acids is 1. The van der Waals surface area contributed by atoms with E-state index in [9.17, 15) is 13.2 Å². The molecule has 6 nitrogen and oxygen atoms in total. The van der Waals surface area contributed by atoms with E-state index in [2.05, 4.69) is 20.7 Å². The fraction of sp³-hybridized carbons (Fsp3) is 0.300. The first-order chi connectivity index (χ1) is 8.81. The van der Waals surface area contributed by atoms with Crippen molar-refractivity contribution in [3.05, 3.63) is 27.7 Å². The van der Waals surface area contributed by atoms with Gasteiger partial charge in [-0.1, -0.05) is 27.5 Å². The molecule has 0 radical (unpaired) electrons. The van der Waals surface area contributed by atoms with Crippen molar-refractivity contribution >= 4 is 43.5 Å². The highest BCUT2D eigenvalue weighted by Gasteiger charge is 2.27. The van der Waals surface area contributed by atoms with Gasteiger partial charge in [0.1, 0.15) is 10.9 Å². The van der Waals surface area contributed by atoms with Gasteiger partial charge in [-0.05, 0) is 18.2 Å². The quantitative estimate of drug-likeness (QED) is 0.750. The van der Waals surface area contributed by atoms with Crippen LogP contribution in [0.25, 0.3) is 0 Å². The number of esters is 1. The highest BCUT2D eigenvalue weighted by atomic mass is 79.9. The Morgan fingerprint density at radius 3 is 2.68 bits per heavy atom. The Bertz CT molecular complexity index is 577. The maximum absolute atomic E-state index is 12.0. The van der Waals surface area contributed by atoms with Crippen molar-refractivity contribution in [2.24, 2.45) is 0 Å². The fourth-order valence-corrected chi connectivity index (χ4v) is 3.46. The van der Waals surface area contributed by atoms with Gasteiger partial charge in [-0.3, -0.25) is 4.79 Å². The zero-order valence-corrected chi connectivity index (χ0v) is 12.9. The van der Waals surface area contributed by atoms with Crippen molar-refractivity contribution in [1.29, 1.82) is 0 Å². The van der Waals surface area contributed by atoms with Crippen LogP contribution in [0.3, 0.4) is 0 Å². The van der Waals surface area contributed by atoms with Crippen LogP contribution in [0, 0.1) is 0 Å². The molecule has 0 aromatic heterocycles. The third-order valence-corrected chi connectivity index (χ3v) is 4.60. The van der Waals surface area contributed by atoms with Crippen molar-refractivity contribution in [2.75, 3.05) is 13.7 Å². The van der Waals surface area contributed by atoms with Gasteiger partial charge < -0.3 is 9.84 Å². The van der Waals surface area contributed by atoms with Gasteiger partial charge in [-0.2, -0.15) is 4.72 Å². The lowest BCUT2D eigenvalue weighted by molar-refractivity contribution is -0.143. The molecule has 0 fully saturated rings. The number of benzene rings is 1. The van der Waals surface area contributed by atoms with Crippen LogP contribution in [0.5, 0.6) is 0 Å². The second kappa shape index (κ2) is 6.67. The standard InChI is InChI=1S/C10H11BrClNO5S/c1-18-10(15)8(5-14)13-19(16,17)9-3-2-6(11)4-7(9)12/h2-4,8,13-14H,5H2,1H3. The minimum atomic E-state index is -4.04. The number of hydrogen-bond acceptors (Lipinski definition) is 5. The van der Waals surface area contributed by atoms with Crippen molar-refractivity contribution < 1.29 is 23.1 Å². The molecule has 0 aliphatic rings. The summed E-state index contributed by atoms with van der Waals surface area (Å²) < 4.78 is 31.0. The van der Waals surface area contributed by atoms with Gasteiger partial charge in [0.2, 0.25) is 10.0 Å². The largest absolute Gasteiger partial charge is 0.468 e. The average molecular weight is 373 g/mol. The van der Waals surface area contributed by atoms with Gasteiger partial charge >= 0.3 is 5.97 Å². The molecule has 2 N–H and O–H groups in total. The van der Waals surface area contributed by atoms with Gasteiger partial charge in [-0.25, -0.2) is 8.42 Å². The first kappa shape index (κ1) is 16.4. The van der Waals surface area contributed by atoms with Crippen LogP contribution >= 0.6 is 27.5 Å². The summed E-state index contributed by atoms with van der Waals surface area (Å²) in [6.45, 7) is -0.722. The van der Waals surface area contributed by atoms with E-state index in [1.165, 1.54) is 18.2 Å². The molecule has 1 unspecified atom stereocenters. The summed E-state index contributed by atoms with van der Waals surface area (Å²) >= 11 is 8.97. The van der Waals surface area contributed by atoms with Gasteiger partial charge in [0.05, 0.1) is 18.7 Å². The molecule has 0 aliphatic carbocycles. The summed E-state index contributed by atoms with van der Waals surface area (Å²) in [5.41, 5.74) is 0. The molecule has 106 valence electrons. The number of methoxy groups -OCH3 is 1. The van der Waals surface area contributed by atoms with E-state index >= 15 is 0 Å². The Hall–Kier alpha value is -0.670. The normalized spacial score (nSPS) is 13.1. The van der Waals surface area contributed by atoms with E-state index in [1.54, 1.807) is 0 Å². The van der Waals surface area contributed by atoms with Crippen LogP contribution in [0.1, 0.15) is 0 Å². The van der Waals surface area contributed by atoms with Gasteiger partial charge in [0.15, 0.2) is 0 Å². The molecule has 1 atom stereocenters. The second-order valence-electron chi connectivity index (χ2n) is 3.45. The van der Waals surface area contributed by atoms with Crippen molar-refractivity contribution in [1.82, 2.24) is 4.72 Å². The summed E-state index contributed by atoms with van der Waals surface area (Å²) in [7, 11) is -2.95. The third kappa shape index (κ3) is 4.15. The molecule has 0 amide bonds. The van der Waals surface area contributed by atoms with Crippen LogP contribution < -0.4 is 4.72 Å². The zero-order valence-electron chi connectivity index (χ0n) is 9.76. The molecule has 19 heavy (non-hydrogen) atoms. The molecule has 0 saturated heterocycles. The monoisotopic (exact) mass is 371 g/mol.